The Balaban J connectivity index is 1.67. The fourth-order valence-corrected chi connectivity index (χ4v) is 4.64. The normalized spacial score (nSPS) is 25.8. The molecule has 0 aliphatic heterocycles. The minimum atomic E-state index is -0.335. The van der Waals surface area contributed by atoms with Crippen LogP contribution in [-0.4, -0.2) is 29.4 Å². The topological polar surface area (TPSA) is 66.4 Å². The van der Waals surface area contributed by atoms with Crippen molar-refractivity contribution in [3.8, 4) is 0 Å². The van der Waals surface area contributed by atoms with E-state index >= 15 is 0 Å². The average molecular weight is 382 g/mol. The van der Waals surface area contributed by atoms with E-state index in [1.54, 1.807) is 0 Å². The maximum absolute atomic E-state index is 12.8. The molecule has 0 saturated heterocycles. The molecule has 1 amide bonds. The van der Waals surface area contributed by atoms with Crippen LogP contribution in [0.4, 0.5) is 0 Å². The zero-order valence-corrected chi connectivity index (χ0v) is 16.9. The van der Waals surface area contributed by atoms with Crippen LogP contribution in [0.15, 0.2) is 53.6 Å². The molecule has 4 atom stereocenters. The van der Waals surface area contributed by atoms with Gasteiger partial charge in [-0.05, 0) is 61.5 Å². The van der Waals surface area contributed by atoms with Gasteiger partial charge in [0.1, 0.15) is 0 Å². The minimum absolute atomic E-state index is 0.0550. The van der Waals surface area contributed by atoms with Gasteiger partial charge < -0.3 is 10.4 Å². The summed E-state index contributed by atoms with van der Waals surface area (Å²) in [6.45, 7) is 8.12. The number of hydrogen-bond acceptors (Lipinski definition) is 3. The number of benzene rings is 1. The summed E-state index contributed by atoms with van der Waals surface area (Å²) in [6, 6.07) is 9.49. The molecular weight excluding hydrogens is 350 g/mol. The van der Waals surface area contributed by atoms with Crippen LogP contribution in [0, 0.1) is 17.8 Å². The number of amides is 1. The molecule has 1 aromatic carbocycles. The van der Waals surface area contributed by atoms with Crippen LogP contribution < -0.4 is 5.32 Å². The Bertz CT molecular complexity index is 780. The quantitative estimate of drug-likeness (QED) is 0.740. The summed E-state index contributed by atoms with van der Waals surface area (Å²) in [7, 11) is 0. The molecule has 4 nitrogen and oxygen atoms in total. The summed E-state index contributed by atoms with van der Waals surface area (Å²) in [5.41, 5.74) is 3.77. The molecule has 2 aliphatic rings. The lowest BCUT2D eigenvalue weighted by Crippen LogP contribution is -2.40. The monoisotopic (exact) mass is 381 g/mol. The number of nitrogens with one attached hydrogen (secondary N) is 1. The lowest BCUT2D eigenvalue weighted by atomic mass is 9.86. The third kappa shape index (κ3) is 4.44. The summed E-state index contributed by atoms with van der Waals surface area (Å²) < 4.78 is 0. The van der Waals surface area contributed by atoms with Crippen molar-refractivity contribution in [1.29, 1.82) is 0 Å². The minimum Gasteiger partial charge on any atom is -0.394 e. The molecule has 0 spiro atoms. The number of aliphatic hydroxyl groups is 1. The van der Waals surface area contributed by atoms with Gasteiger partial charge in [-0.2, -0.15) is 0 Å². The van der Waals surface area contributed by atoms with E-state index in [1.807, 2.05) is 37.3 Å². The second kappa shape index (κ2) is 8.87. The predicted octanol–water partition coefficient (Wildman–Crippen LogP) is 3.60. The van der Waals surface area contributed by atoms with Crippen molar-refractivity contribution in [3.05, 3.63) is 59.2 Å². The maximum atomic E-state index is 12.8. The Morgan fingerprint density at radius 3 is 2.64 bits per heavy atom. The van der Waals surface area contributed by atoms with Crippen LogP contribution in [0.3, 0.4) is 0 Å². The molecule has 3 unspecified atom stereocenters. The van der Waals surface area contributed by atoms with Gasteiger partial charge in [-0.3, -0.25) is 9.59 Å². The standard InChI is InChI=1S/C24H31NO3/c1-15-9-10-19(12-22-17(3)23(27)13-21(15)22)16(2)24(28)25-20(14-26)11-18-7-5-4-6-8-18/h4-8,15,19-21,26H,2,9-14H2,1,3H3,(H,25,28)/t15?,19-,20?,21?/m0/s1. The Labute approximate surface area is 167 Å². The number of aliphatic hydroxyl groups excluding tert-OH is 1. The van der Waals surface area contributed by atoms with E-state index in [2.05, 4.69) is 18.8 Å². The highest BCUT2D eigenvalue weighted by Gasteiger charge is 2.38. The summed E-state index contributed by atoms with van der Waals surface area (Å²) >= 11 is 0. The number of hydrogen-bond donors (Lipinski definition) is 2. The highest BCUT2D eigenvalue weighted by molar-refractivity contribution is 5.99. The smallest absolute Gasteiger partial charge is 0.247 e. The van der Waals surface area contributed by atoms with Gasteiger partial charge in [-0.25, -0.2) is 0 Å². The van der Waals surface area contributed by atoms with Gasteiger partial charge in [0.05, 0.1) is 12.6 Å². The van der Waals surface area contributed by atoms with Crippen LogP contribution in [-0.2, 0) is 16.0 Å². The molecule has 0 heterocycles. The molecule has 0 bridgehead atoms. The largest absolute Gasteiger partial charge is 0.394 e. The highest BCUT2D eigenvalue weighted by Crippen LogP contribution is 2.45. The third-order valence-corrected chi connectivity index (χ3v) is 6.54. The lowest BCUT2D eigenvalue weighted by molar-refractivity contribution is -0.119. The summed E-state index contributed by atoms with van der Waals surface area (Å²) in [5.74, 6) is 0.913. The number of fused-ring (bicyclic) bond motifs is 1. The molecule has 3 rings (SSSR count). The first-order valence-electron chi connectivity index (χ1n) is 10.3. The van der Waals surface area contributed by atoms with Crippen LogP contribution in [0.2, 0.25) is 0 Å². The number of allylic oxidation sites excluding steroid dienone is 2. The Morgan fingerprint density at radius 2 is 1.96 bits per heavy atom. The first kappa shape index (κ1) is 20.5. The van der Waals surface area contributed by atoms with Crippen LogP contribution in [0.1, 0.15) is 45.1 Å². The van der Waals surface area contributed by atoms with E-state index in [0.29, 0.717) is 30.3 Å². The fourth-order valence-electron chi connectivity index (χ4n) is 4.64. The number of ketones is 1. The maximum Gasteiger partial charge on any atom is 0.247 e. The van der Waals surface area contributed by atoms with Gasteiger partial charge in [-0.15, -0.1) is 0 Å². The number of rotatable bonds is 6. The van der Waals surface area contributed by atoms with Crippen molar-refractivity contribution in [2.75, 3.05) is 6.61 Å². The molecule has 2 aliphatic carbocycles. The zero-order valence-electron chi connectivity index (χ0n) is 16.9. The molecule has 1 fully saturated rings. The number of Topliss-reactive ketones (excluding diaryl/α,β-unsaturated/α-hetero) is 1. The molecule has 28 heavy (non-hydrogen) atoms. The lowest BCUT2D eigenvalue weighted by Gasteiger charge is -2.22. The van der Waals surface area contributed by atoms with Crippen LogP contribution >= 0.6 is 0 Å². The van der Waals surface area contributed by atoms with Gasteiger partial charge in [0.25, 0.3) is 0 Å². The first-order chi connectivity index (χ1) is 13.4. The van der Waals surface area contributed by atoms with Crippen molar-refractivity contribution in [2.45, 2.75) is 52.0 Å². The number of carbonyl (C=O) groups excluding carboxylic acids is 2. The van der Waals surface area contributed by atoms with Crippen molar-refractivity contribution in [1.82, 2.24) is 5.32 Å². The van der Waals surface area contributed by atoms with E-state index in [1.165, 1.54) is 5.57 Å². The van der Waals surface area contributed by atoms with Crippen molar-refractivity contribution in [2.24, 2.45) is 17.8 Å². The van der Waals surface area contributed by atoms with Gasteiger partial charge >= 0.3 is 0 Å². The van der Waals surface area contributed by atoms with Gasteiger partial charge in [-0.1, -0.05) is 49.4 Å². The van der Waals surface area contributed by atoms with E-state index in [-0.39, 0.29) is 30.3 Å². The highest BCUT2D eigenvalue weighted by atomic mass is 16.3. The molecule has 0 aromatic heterocycles. The SMILES string of the molecule is C=C(C(=O)NC(CO)Cc1ccccc1)[C@H]1CCC(C)C2CC(=O)C(C)=C2C1. The van der Waals surface area contributed by atoms with Crippen molar-refractivity contribution >= 4 is 11.7 Å². The van der Waals surface area contributed by atoms with Crippen molar-refractivity contribution < 1.29 is 14.7 Å². The Hall–Kier alpha value is -2.20. The molecule has 0 radical (unpaired) electrons. The van der Waals surface area contributed by atoms with Crippen LogP contribution in [0.25, 0.3) is 0 Å². The van der Waals surface area contributed by atoms with E-state index in [4.69, 9.17) is 0 Å². The third-order valence-electron chi connectivity index (χ3n) is 6.54. The fraction of sp³-hybridized carbons (Fsp3) is 0.500. The Kier molecular flexibility index (Phi) is 6.50. The van der Waals surface area contributed by atoms with Crippen molar-refractivity contribution in [3.63, 3.8) is 0 Å². The van der Waals surface area contributed by atoms with Gasteiger partial charge in [0, 0.05) is 12.0 Å². The van der Waals surface area contributed by atoms with Gasteiger partial charge in [0.2, 0.25) is 5.91 Å². The van der Waals surface area contributed by atoms with E-state index < -0.39 is 0 Å². The molecule has 150 valence electrons. The summed E-state index contributed by atoms with van der Waals surface area (Å²) in [6.07, 6.45) is 3.87. The second-order valence-electron chi connectivity index (χ2n) is 8.41. The molecule has 1 aromatic rings. The van der Waals surface area contributed by atoms with E-state index in [0.717, 1.165) is 30.4 Å². The van der Waals surface area contributed by atoms with Gasteiger partial charge in [0.15, 0.2) is 5.78 Å². The first-order valence-corrected chi connectivity index (χ1v) is 10.3. The summed E-state index contributed by atoms with van der Waals surface area (Å²) in [5, 5.41) is 12.7. The van der Waals surface area contributed by atoms with E-state index in [9.17, 15) is 14.7 Å². The summed E-state index contributed by atoms with van der Waals surface area (Å²) in [4.78, 5) is 25.0. The van der Waals surface area contributed by atoms with Crippen LogP contribution in [0.5, 0.6) is 0 Å². The molecular formula is C24H31NO3. The Morgan fingerprint density at radius 1 is 1.25 bits per heavy atom. The predicted molar refractivity (Wildman–Crippen MR) is 111 cm³/mol. The molecule has 4 heteroatoms. The molecule has 2 N–H and O–H groups in total. The zero-order chi connectivity index (χ0) is 20.3. The second-order valence-corrected chi connectivity index (χ2v) is 8.41. The molecule has 1 saturated carbocycles. The number of carbonyl (C=O) groups is 2. The average Bonchev–Trinajstić information content (AvgIpc) is 2.87.